The van der Waals surface area contributed by atoms with Gasteiger partial charge in [0.1, 0.15) is 5.70 Å². The fraction of sp³-hybridized carbons (Fsp3) is 0.176. The molecule has 0 fully saturated rings. The van der Waals surface area contributed by atoms with Crippen molar-refractivity contribution in [1.29, 1.82) is 0 Å². The Kier molecular flexibility index (Phi) is 5.71. The summed E-state index contributed by atoms with van der Waals surface area (Å²) in [5.74, 6) is -0.847. The largest absolute Gasteiger partial charge is 0.392 e. The second-order valence-electron chi connectivity index (χ2n) is 5.06. The van der Waals surface area contributed by atoms with Gasteiger partial charge in [-0.25, -0.2) is 0 Å². The molecule has 23 heavy (non-hydrogen) atoms. The van der Waals surface area contributed by atoms with Crippen LogP contribution in [0.1, 0.15) is 23.0 Å². The number of rotatable bonds is 6. The van der Waals surface area contributed by atoms with Crippen molar-refractivity contribution in [3.05, 3.63) is 65.6 Å². The van der Waals surface area contributed by atoms with Crippen LogP contribution in [0.25, 0.3) is 6.08 Å². The number of aromatic nitrogens is 1. The van der Waals surface area contributed by atoms with Gasteiger partial charge in [0.2, 0.25) is 0 Å². The highest BCUT2D eigenvalue weighted by Gasteiger charge is 2.15. The molecule has 0 saturated carbocycles. The fourth-order valence-corrected chi connectivity index (χ4v) is 1.87. The molecule has 120 valence electrons. The Bertz CT molecular complexity index is 676. The molecule has 0 bridgehead atoms. The van der Waals surface area contributed by atoms with Gasteiger partial charge in [-0.15, -0.1) is 0 Å². The molecule has 0 aliphatic rings. The Morgan fingerprint density at radius 1 is 1.22 bits per heavy atom. The van der Waals surface area contributed by atoms with E-state index in [4.69, 9.17) is 0 Å². The van der Waals surface area contributed by atoms with Crippen LogP contribution in [0.3, 0.4) is 0 Å². The number of aromatic amines is 1. The number of H-pyrrole nitrogens is 1. The van der Waals surface area contributed by atoms with Crippen LogP contribution in [-0.4, -0.2) is 34.6 Å². The lowest BCUT2D eigenvalue weighted by Gasteiger charge is -2.12. The summed E-state index contributed by atoms with van der Waals surface area (Å²) in [4.78, 5) is 27.4. The standard InChI is InChI=1S/C17H19N3O3/c1-12(21)11-19-17(23)15(10-14-8-5-9-18-14)20-16(22)13-6-3-2-4-7-13/h2-10,12,18,21H,11H2,1H3,(H,19,23)(H,20,22)/b15-10-/t12-/m0/s1. The predicted molar refractivity (Wildman–Crippen MR) is 87.4 cm³/mol. The highest BCUT2D eigenvalue weighted by Crippen LogP contribution is 2.05. The molecule has 1 aromatic carbocycles. The molecule has 1 atom stereocenters. The van der Waals surface area contributed by atoms with Crippen molar-refractivity contribution in [3.63, 3.8) is 0 Å². The van der Waals surface area contributed by atoms with Crippen molar-refractivity contribution in [2.45, 2.75) is 13.0 Å². The monoisotopic (exact) mass is 313 g/mol. The molecule has 6 heteroatoms. The predicted octanol–water partition coefficient (Wildman–Crippen LogP) is 1.28. The molecular formula is C17H19N3O3. The average molecular weight is 313 g/mol. The lowest BCUT2D eigenvalue weighted by atomic mass is 10.2. The van der Waals surface area contributed by atoms with Crippen molar-refractivity contribution < 1.29 is 14.7 Å². The van der Waals surface area contributed by atoms with Crippen molar-refractivity contribution in [3.8, 4) is 0 Å². The van der Waals surface area contributed by atoms with Crippen molar-refractivity contribution in [2.75, 3.05) is 6.54 Å². The molecule has 4 N–H and O–H groups in total. The van der Waals surface area contributed by atoms with Crippen LogP contribution < -0.4 is 10.6 Å². The minimum Gasteiger partial charge on any atom is -0.392 e. The summed E-state index contributed by atoms with van der Waals surface area (Å²) in [5.41, 5.74) is 1.23. The zero-order valence-corrected chi connectivity index (χ0v) is 12.7. The topological polar surface area (TPSA) is 94.2 Å². The van der Waals surface area contributed by atoms with E-state index in [1.165, 1.54) is 6.08 Å². The minimum absolute atomic E-state index is 0.0990. The number of aliphatic hydroxyl groups excluding tert-OH is 1. The van der Waals surface area contributed by atoms with E-state index in [0.717, 1.165) is 0 Å². The molecule has 2 aromatic rings. The van der Waals surface area contributed by atoms with E-state index in [0.29, 0.717) is 11.3 Å². The highest BCUT2D eigenvalue weighted by molar-refractivity contribution is 6.05. The second kappa shape index (κ2) is 7.95. The fourth-order valence-electron chi connectivity index (χ4n) is 1.87. The molecule has 0 aliphatic heterocycles. The molecule has 0 unspecified atom stereocenters. The first kappa shape index (κ1) is 16.5. The number of amides is 2. The maximum atomic E-state index is 12.2. The molecule has 0 spiro atoms. The van der Waals surface area contributed by atoms with Gasteiger partial charge in [0.15, 0.2) is 0 Å². The highest BCUT2D eigenvalue weighted by atomic mass is 16.3. The van der Waals surface area contributed by atoms with Crippen molar-refractivity contribution >= 4 is 17.9 Å². The molecule has 1 heterocycles. The number of carbonyl (C=O) groups excluding carboxylic acids is 2. The van der Waals surface area contributed by atoms with E-state index in [9.17, 15) is 14.7 Å². The van der Waals surface area contributed by atoms with E-state index in [2.05, 4.69) is 15.6 Å². The number of aliphatic hydroxyl groups is 1. The summed E-state index contributed by atoms with van der Waals surface area (Å²) >= 11 is 0. The van der Waals surface area contributed by atoms with Gasteiger partial charge in [-0.05, 0) is 37.3 Å². The Morgan fingerprint density at radius 3 is 2.57 bits per heavy atom. The van der Waals surface area contributed by atoms with Crippen LogP contribution in [0.2, 0.25) is 0 Å². The lowest BCUT2D eigenvalue weighted by Crippen LogP contribution is -2.37. The van der Waals surface area contributed by atoms with Crippen molar-refractivity contribution in [1.82, 2.24) is 15.6 Å². The maximum Gasteiger partial charge on any atom is 0.267 e. The number of benzene rings is 1. The normalized spacial score (nSPS) is 12.5. The van der Waals surface area contributed by atoms with Gasteiger partial charge in [0.25, 0.3) is 11.8 Å². The van der Waals surface area contributed by atoms with Crippen LogP contribution in [0.5, 0.6) is 0 Å². The zero-order chi connectivity index (χ0) is 16.7. The first-order valence-electron chi connectivity index (χ1n) is 7.24. The van der Waals surface area contributed by atoms with Gasteiger partial charge in [-0.1, -0.05) is 18.2 Å². The third-order valence-electron chi connectivity index (χ3n) is 3.01. The van der Waals surface area contributed by atoms with Crippen molar-refractivity contribution in [2.24, 2.45) is 0 Å². The van der Waals surface area contributed by atoms with Crippen LogP contribution in [0.4, 0.5) is 0 Å². The van der Waals surface area contributed by atoms with Crippen LogP contribution in [0, 0.1) is 0 Å². The van der Waals surface area contributed by atoms with E-state index in [1.807, 2.05) is 6.07 Å². The first-order chi connectivity index (χ1) is 11.1. The zero-order valence-electron chi connectivity index (χ0n) is 12.7. The number of hydrogen-bond donors (Lipinski definition) is 4. The maximum absolute atomic E-state index is 12.2. The van der Waals surface area contributed by atoms with E-state index >= 15 is 0 Å². The quantitative estimate of drug-likeness (QED) is 0.605. The third-order valence-corrected chi connectivity index (χ3v) is 3.01. The molecule has 2 rings (SSSR count). The van der Waals surface area contributed by atoms with E-state index < -0.39 is 12.0 Å². The Balaban J connectivity index is 2.16. The first-order valence-corrected chi connectivity index (χ1v) is 7.24. The lowest BCUT2D eigenvalue weighted by molar-refractivity contribution is -0.118. The van der Waals surface area contributed by atoms with E-state index in [-0.39, 0.29) is 18.1 Å². The molecule has 6 nitrogen and oxygen atoms in total. The summed E-state index contributed by atoms with van der Waals surface area (Å²) < 4.78 is 0. The summed E-state index contributed by atoms with van der Waals surface area (Å²) in [6.45, 7) is 1.67. The van der Waals surface area contributed by atoms with E-state index in [1.54, 1.807) is 49.5 Å². The number of hydrogen-bond acceptors (Lipinski definition) is 3. The Hall–Kier alpha value is -2.86. The average Bonchev–Trinajstić information content (AvgIpc) is 3.05. The number of nitrogens with one attached hydrogen (secondary N) is 3. The molecule has 1 aromatic heterocycles. The molecule has 0 saturated heterocycles. The minimum atomic E-state index is -0.671. The molecular weight excluding hydrogens is 294 g/mol. The van der Waals surface area contributed by atoms with Gasteiger partial charge >= 0.3 is 0 Å². The van der Waals surface area contributed by atoms with Gasteiger partial charge < -0.3 is 20.7 Å². The Morgan fingerprint density at radius 2 is 1.96 bits per heavy atom. The van der Waals surface area contributed by atoms with Crippen LogP contribution in [-0.2, 0) is 4.79 Å². The SMILES string of the molecule is C[C@H](O)CNC(=O)/C(=C/c1ccc[nH]1)NC(=O)c1ccccc1. The molecule has 2 amide bonds. The van der Waals surface area contributed by atoms with Gasteiger partial charge in [-0.3, -0.25) is 9.59 Å². The molecule has 0 aliphatic carbocycles. The summed E-state index contributed by atoms with van der Waals surface area (Å²) in [6, 6.07) is 12.2. The smallest absolute Gasteiger partial charge is 0.267 e. The van der Waals surface area contributed by atoms with Gasteiger partial charge in [0.05, 0.1) is 6.10 Å². The summed E-state index contributed by atoms with van der Waals surface area (Å²) in [6.07, 6.45) is 2.59. The summed E-state index contributed by atoms with van der Waals surface area (Å²) in [5, 5.41) is 14.4. The van der Waals surface area contributed by atoms with Gasteiger partial charge in [-0.2, -0.15) is 0 Å². The van der Waals surface area contributed by atoms with Crippen LogP contribution >= 0.6 is 0 Å². The Labute approximate surface area is 134 Å². The van der Waals surface area contributed by atoms with Crippen LogP contribution in [0.15, 0.2) is 54.4 Å². The number of carbonyl (C=O) groups is 2. The molecule has 0 radical (unpaired) electrons. The summed E-state index contributed by atoms with van der Waals surface area (Å²) in [7, 11) is 0. The second-order valence-corrected chi connectivity index (χ2v) is 5.06. The van der Waals surface area contributed by atoms with Gasteiger partial charge in [0, 0.05) is 24.0 Å². The third kappa shape index (κ3) is 5.12.